The molecule has 0 saturated carbocycles. The van der Waals surface area contributed by atoms with Crippen molar-refractivity contribution in [1.29, 1.82) is 0 Å². The van der Waals surface area contributed by atoms with E-state index in [1.54, 1.807) is 0 Å². The Hall–Kier alpha value is -9.32. The van der Waals surface area contributed by atoms with Crippen molar-refractivity contribution in [3.05, 3.63) is 254 Å². The lowest BCUT2D eigenvalue weighted by Gasteiger charge is -2.30. The zero-order valence-electron chi connectivity index (χ0n) is 38.6. The number of aromatic nitrogens is 4. The van der Waals surface area contributed by atoms with Gasteiger partial charge >= 0.3 is 0 Å². The van der Waals surface area contributed by atoms with Crippen LogP contribution in [0.25, 0.3) is 110 Å². The van der Waals surface area contributed by atoms with E-state index >= 15 is 0 Å². The van der Waals surface area contributed by atoms with Gasteiger partial charge in [0.15, 0.2) is 0 Å². The Bertz CT molecular complexity index is 4560. The van der Waals surface area contributed by atoms with E-state index in [0.29, 0.717) is 0 Å². The van der Waals surface area contributed by atoms with Crippen molar-refractivity contribution in [2.24, 2.45) is 0 Å². The summed E-state index contributed by atoms with van der Waals surface area (Å²) in [4.78, 5) is 2.62. The Morgan fingerprint density at radius 3 is 1.37 bits per heavy atom. The minimum Gasteiger partial charge on any atom is -0.332 e. The van der Waals surface area contributed by atoms with Crippen LogP contribution in [0, 0.1) is 0 Å². The van der Waals surface area contributed by atoms with Crippen molar-refractivity contribution < 1.29 is 0 Å². The fraction of sp³-hybridized carbons (Fsp3) is 0.0303. The van der Waals surface area contributed by atoms with Crippen LogP contribution in [0.3, 0.4) is 0 Å². The Kier molecular flexibility index (Phi) is 7.94. The van der Waals surface area contributed by atoms with Crippen LogP contribution in [0.1, 0.15) is 11.5 Å². The smallest absolute Gasteiger partial charge is 0.0782 e. The number of fused-ring (bicyclic) bond motifs is 17. The van der Waals surface area contributed by atoms with E-state index in [1.165, 1.54) is 98.5 Å². The lowest BCUT2D eigenvalue weighted by Crippen LogP contribution is -2.28. The summed E-state index contributed by atoms with van der Waals surface area (Å²) >= 11 is 0. The maximum absolute atomic E-state index is 2.62. The van der Waals surface area contributed by atoms with Crippen molar-refractivity contribution in [2.45, 2.75) is 12.0 Å². The molecule has 0 N–H and O–H groups in total. The van der Waals surface area contributed by atoms with Crippen LogP contribution in [0.15, 0.2) is 249 Å². The number of allylic oxidation sites excluding steroid dienone is 2. The Balaban J connectivity index is 0.933. The first-order valence-corrected chi connectivity index (χ1v) is 24.7. The van der Waals surface area contributed by atoms with Gasteiger partial charge in [-0.25, -0.2) is 0 Å². The lowest BCUT2D eigenvalue weighted by molar-refractivity contribution is 0.744. The van der Waals surface area contributed by atoms with Gasteiger partial charge in [-0.1, -0.05) is 164 Å². The highest BCUT2D eigenvalue weighted by atomic mass is 15.2. The van der Waals surface area contributed by atoms with Crippen LogP contribution >= 0.6 is 0 Å². The second-order valence-corrected chi connectivity index (χ2v) is 19.2. The molecule has 1 aliphatic carbocycles. The van der Waals surface area contributed by atoms with Gasteiger partial charge in [0, 0.05) is 77.4 Å². The molecular formula is C66H43N5. The zero-order chi connectivity index (χ0) is 46.3. The summed E-state index contributed by atoms with van der Waals surface area (Å²) in [5, 5.41) is 9.98. The molecule has 0 fully saturated rings. The number of anilines is 2. The zero-order valence-corrected chi connectivity index (χ0v) is 38.6. The summed E-state index contributed by atoms with van der Waals surface area (Å²) in [7, 11) is 0. The molecule has 0 radical (unpaired) electrons. The molecule has 2 atom stereocenters. The van der Waals surface area contributed by atoms with Crippen LogP contribution in [0.2, 0.25) is 0 Å². The van der Waals surface area contributed by atoms with Crippen molar-refractivity contribution in [1.82, 2.24) is 18.3 Å². The van der Waals surface area contributed by atoms with Gasteiger partial charge in [-0.15, -0.1) is 0 Å². The van der Waals surface area contributed by atoms with Crippen LogP contribution in [-0.2, 0) is 0 Å². The van der Waals surface area contributed by atoms with Crippen molar-refractivity contribution >= 4 is 98.6 Å². The molecule has 71 heavy (non-hydrogen) atoms. The first kappa shape index (κ1) is 38.6. The van der Waals surface area contributed by atoms with Gasteiger partial charge in [-0.2, -0.15) is 0 Å². The minimum atomic E-state index is 0.116. The molecule has 1 aliphatic heterocycles. The highest BCUT2D eigenvalue weighted by Gasteiger charge is 2.40. The second kappa shape index (κ2) is 14.6. The van der Waals surface area contributed by atoms with E-state index in [0.717, 1.165) is 28.4 Å². The Labute approximate surface area is 408 Å². The highest BCUT2D eigenvalue weighted by Crippen LogP contribution is 2.53. The maximum Gasteiger partial charge on any atom is 0.0782 e. The summed E-state index contributed by atoms with van der Waals surface area (Å²) in [6.07, 6.45) is 9.24. The third-order valence-corrected chi connectivity index (χ3v) is 15.6. The molecule has 5 nitrogen and oxygen atoms in total. The molecule has 16 rings (SSSR count). The molecule has 0 spiro atoms. The predicted octanol–water partition coefficient (Wildman–Crippen LogP) is 16.8. The molecule has 4 aromatic heterocycles. The molecule has 5 heteroatoms. The Morgan fingerprint density at radius 2 is 0.718 bits per heavy atom. The van der Waals surface area contributed by atoms with Crippen molar-refractivity contribution in [3.8, 4) is 22.7 Å². The number of para-hydroxylation sites is 6. The first-order chi connectivity index (χ1) is 35.3. The monoisotopic (exact) mass is 905 g/mol. The largest absolute Gasteiger partial charge is 0.332 e. The molecule has 0 saturated heterocycles. The summed E-state index contributed by atoms with van der Waals surface area (Å²) in [5.74, 6) is 0.210. The first-order valence-electron chi connectivity index (χ1n) is 24.7. The summed E-state index contributed by atoms with van der Waals surface area (Å²) in [5.41, 5.74) is 17.9. The topological polar surface area (TPSA) is 23.0 Å². The van der Waals surface area contributed by atoms with Gasteiger partial charge in [0.05, 0.1) is 55.9 Å². The molecule has 10 aromatic carbocycles. The van der Waals surface area contributed by atoms with E-state index in [1.807, 2.05) is 0 Å². The van der Waals surface area contributed by atoms with E-state index in [4.69, 9.17) is 0 Å². The maximum atomic E-state index is 2.62. The van der Waals surface area contributed by atoms with Gasteiger partial charge in [-0.3, -0.25) is 0 Å². The molecule has 0 bridgehead atoms. The third kappa shape index (κ3) is 5.29. The van der Waals surface area contributed by atoms with Gasteiger partial charge in [0.2, 0.25) is 0 Å². The Morgan fingerprint density at radius 1 is 0.282 bits per heavy atom. The quantitative estimate of drug-likeness (QED) is 0.169. The fourth-order valence-electron chi connectivity index (χ4n) is 12.8. The van der Waals surface area contributed by atoms with Crippen molar-refractivity contribution in [2.75, 3.05) is 4.90 Å². The number of hydrogen-bond donors (Lipinski definition) is 0. The third-order valence-electron chi connectivity index (χ3n) is 15.6. The molecular weight excluding hydrogens is 863 g/mol. The number of benzene rings is 10. The molecule has 332 valence electrons. The number of rotatable bonds is 5. The normalized spacial score (nSPS) is 15.5. The molecule has 0 amide bonds. The summed E-state index contributed by atoms with van der Waals surface area (Å²) in [6.45, 7) is 0. The van der Waals surface area contributed by atoms with E-state index in [2.05, 4.69) is 272 Å². The molecule has 14 aromatic rings. The van der Waals surface area contributed by atoms with E-state index in [-0.39, 0.29) is 12.0 Å². The van der Waals surface area contributed by atoms with E-state index < -0.39 is 0 Å². The highest BCUT2D eigenvalue weighted by molar-refractivity contribution is 6.26. The summed E-state index contributed by atoms with van der Waals surface area (Å²) < 4.78 is 9.92. The lowest BCUT2D eigenvalue weighted by atomic mass is 9.91. The van der Waals surface area contributed by atoms with Crippen molar-refractivity contribution in [3.63, 3.8) is 0 Å². The van der Waals surface area contributed by atoms with E-state index in [9.17, 15) is 0 Å². The number of hydrogen-bond acceptors (Lipinski definition) is 1. The fourth-order valence-corrected chi connectivity index (χ4v) is 12.8. The van der Waals surface area contributed by atoms with Gasteiger partial charge in [0.25, 0.3) is 0 Å². The minimum absolute atomic E-state index is 0.116. The van der Waals surface area contributed by atoms with Crippen LogP contribution in [0.4, 0.5) is 11.4 Å². The predicted molar refractivity (Wildman–Crippen MR) is 297 cm³/mol. The molecule has 5 heterocycles. The standard InChI is InChI=1S/C66H43N5/c1-2-18-42(19-3-1)69-58-32-12-7-27-50(58)53-36-37-54-51-28-8-14-34-60(51)71(66(54)65(53)69)46-23-17-21-44(41-46)68-61-35-15-9-29-55(61)63-62(68)39-38-52-49-26-6-13-33-59(49)70(64(52)63)45-22-16-20-43(40-45)67-56-30-10-4-24-47(56)48-25-5-11-31-57(48)67/h1-41,51,60H. The molecule has 2 unspecified atom stereocenters. The SMILES string of the molecule is C1=CC2c3ccc4c5ccccc5n(-c5ccccc5)c4c3N(c3cccc(-n4c5ccccc5c5c4ccc4c6ccccc6n(-c6cccc(-n7c8ccccc8c8ccccc87)c6)c45)c3)C2C=C1. The number of nitrogens with zero attached hydrogens (tertiary/aromatic N) is 5. The molecule has 2 aliphatic rings. The van der Waals surface area contributed by atoms with Gasteiger partial charge in [-0.05, 0) is 90.5 Å². The van der Waals surface area contributed by atoms with Crippen LogP contribution in [0.5, 0.6) is 0 Å². The average molecular weight is 906 g/mol. The summed E-state index contributed by atoms with van der Waals surface area (Å²) in [6, 6.07) is 83.1. The average Bonchev–Trinajstić information content (AvgIpc) is 4.23. The second-order valence-electron chi connectivity index (χ2n) is 19.2. The van der Waals surface area contributed by atoms with Crippen LogP contribution < -0.4 is 4.90 Å². The van der Waals surface area contributed by atoms with Gasteiger partial charge < -0.3 is 23.2 Å². The van der Waals surface area contributed by atoms with Crippen LogP contribution in [-0.4, -0.2) is 24.3 Å². The van der Waals surface area contributed by atoms with Gasteiger partial charge in [0.1, 0.15) is 0 Å².